The fourth-order valence-electron chi connectivity index (χ4n) is 2.51. The van der Waals surface area contributed by atoms with Gasteiger partial charge in [-0.3, -0.25) is 0 Å². The first-order chi connectivity index (χ1) is 9.15. The average Bonchev–Trinajstić information content (AvgIpc) is 3.12. The maximum Gasteiger partial charge on any atom is 0.326 e. The molecule has 1 unspecified atom stereocenters. The van der Waals surface area contributed by atoms with Crippen LogP contribution in [0, 0.1) is 5.92 Å². The van der Waals surface area contributed by atoms with Gasteiger partial charge in [0.2, 0.25) is 0 Å². The lowest BCUT2D eigenvalue weighted by atomic mass is 10.1. The minimum absolute atomic E-state index is 0.103. The lowest BCUT2D eigenvalue weighted by Gasteiger charge is -2.20. The Kier molecular flexibility index (Phi) is 2.89. The smallest absolute Gasteiger partial charge is 0.326 e. The van der Waals surface area contributed by atoms with Crippen molar-refractivity contribution in [3.63, 3.8) is 0 Å². The second-order valence-corrected chi connectivity index (χ2v) is 5.23. The van der Waals surface area contributed by atoms with Gasteiger partial charge >= 0.3 is 12.0 Å². The zero-order valence-electron chi connectivity index (χ0n) is 10.5. The summed E-state index contributed by atoms with van der Waals surface area (Å²) in [6.45, 7) is 1.11. The van der Waals surface area contributed by atoms with Gasteiger partial charge in [0.25, 0.3) is 0 Å². The summed E-state index contributed by atoms with van der Waals surface area (Å²) in [6, 6.07) is 6.87. The highest BCUT2D eigenvalue weighted by atomic mass is 16.4. The molecular formula is C14H16N2O3. The lowest BCUT2D eigenvalue weighted by Crippen LogP contribution is -2.47. The Morgan fingerprint density at radius 3 is 2.26 bits per heavy atom. The van der Waals surface area contributed by atoms with Crippen molar-refractivity contribution in [3.8, 4) is 0 Å². The number of nitrogens with zero attached hydrogens (tertiary/aromatic N) is 1. The van der Waals surface area contributed by atoms with Crippen molar-refractivity contribution in [1.29, 1.82) is 0 Å². The predicted molar refractivity (Wildman–Crippen MR) is 68.4 cm³/mol. The van der Waals surface area contributed by atoms with Crippen LogP contribution in [0.3, 0.4) is 0 Å². The molecule has 1 aliphatic carbocycles. The van der Waals surface area contributed by atoms with Crippen LogP contribution in [0.15, 0.2) is 24.3 Å². The van der Waals surface area contributed by atoms with Gasteiger partial charge in [-0.1, -0.05) is 24.3 Å². The van der Waals surface area contributed by atoms with Crippen LogP contribution in [0.1, 0.15) is 24.0 Å². The summed E-state index contributed by atoms with van der Waals surface area (Å²) in [5, 5.41) is 11.8. The number of urea groups is 1. The Morgan fingerprint density at radius 1 is 1.21 bits per heavy atom. The van der Waals surface area contributed by atoms with E-state index in [1.54, 1.807) is 4.90 Å². The van der Waals surface area contributed by atoms with E-state index in [1.165, 1.54) is 0 Å². The van der Waals surface area contributed by atoms with E-state index in [4.69, 9.17) is 5.11 Å². The second-order valence-electron chi connectivity index (χ2n) is 5.23. The number of nitrogens with one attached hydrogen (secondary N) is 1. The first-order valence-electron chi connectivity index (χ1n) is 6.50. The van der Waals surface area contributed by atoms with Gasteiger partial charge in [0.15, 0.2) is 0 Å². The molecule has 0 aromatic heterocycles. The molecule has 5 nitrogen and oxygen atoms in total. The minimum atomic E-state index is -0.937. The molecule has 0 bridgehead atoms. The molecule has 3 rings (SSSR count). The number of rotatable bonds is 3. The van der Waals surface area contributed by atoms with Crippen molar-refractivity contribution < 1.29 is 14.7 Å². The summed E-state index contributed by atoms with van der Waals surface area (Å²) < 4.78 is 0. The van der Waals surface area contributed by atoms with Crippen LogP contribution in [0.5, 0.6) is 0 Å². The van der Waals surface area contributed by atoms with Crippen LogP contribution in [0.4, 0.5) is 4.79 Å². The van der Waals surface area contributed by atoms with Crippen molar-refractivity contribution in [2.45, 2.75) is 32.0 Å². The topological polar surface area (TPSA) is 69.6 Å². The number of aliphatic carboxylic acids is 1. The Balaban J connectivity index is 1.64. The van der Waals surface area contributed by atoms with Gasteiger partial charge < -0.3 is 15.3 Å². The summed E-state index contributed by atoms with van der Waals surface area (Å²) in [5.74, 6) is -0.834. The van der Waals surface area contributed by atoms with E-state index in [1.807, 2.05) is 24.3 Å². The Bertz CT molecular complexity index is 500. The van der Waals surface area contributed by atoms with Crippen LogP contribution in [0.2, 0.25) is 0 Å². The highest BCUT2D eigenvalue weighted by Crippen LogP contribution is 2.33. The van der Waals surface area contributed by atoms with E-state index in [2.05, 4.69) is 5.32 Å². The molecule has 2 aliphatic rings. The number of benzene rings is 1. The van der Waals surface area contributed by atoms with Crippen molar-refractivity contribution in [1.82, 2.24) is 10.2 Å². The van der Waals surface area contributed by atoms with E-state index in [0.717, 1.165) is 24.0 Å². The number of carbonyl (C=O) groups excluding carboxylic acids is 1. The number of amides is 2. The minimum Gasteiger partial charge on any atom is -0.480 e. The largest absolute Gasteiger partial charge is 0.480 e. The maximum atomic E-state index is 12.1. The van der Waals surface area contributed by atoms with Gasteiger partial charge in [0.1, 0.15) is 6.04 Å². The molecule has 2 amide bonds. The fourth-order valence-corrected chi connectivity index (χ4v) is 2.51. The molecule has 1 fully saturated rings. The monoisotopic (exact) mass is 260 g/mol. The summed E-state index contributed by atoms with van der Waals surface area (Å²) >= 11 is 0. The molecule has 1 heterocycles. The summed E-state index contributed by atoms with van der Waals surface area (Å²) in [7, 11) is 0. The molecule has 1 atom stereocenters. The number of hydrogen-bond acceptors (Lipinski definition) is 2. The number of carbonyl (C=O) groups is 2. The van der Waals surface area contributed by atoms with E-state index in [9.17, 15) is 9.59 Å². The zero-order chi connectivity index (χ0) is 13.4. The first kappa shape index (κ1) is 12.0. The summed E-state index contributed by atoms with van der Waals surface area (Å²) in [5.41, 5.74) is 2.27. The van der Waals surface area contributed by atoms with Gasteiger partial charge in [0, 0.05) is 13.1 Å². The van der Waals surface area contributed by atoms with Gasteiger partial charge in [0.05, 0.1) is 0 Å². The highest BCUT2D eigenvalue weighted by Gasteiger charge is 2.38. The molecule has 0 radical (unpaired) electrons. The third-order valence-corrected chi connectivity index (χ3v) is 3.77. The van der Waals surface area contributed by atoms with Crippen molar-refractivity contribution >= 4 is 12.0 Å². The molecule has 2 N–H and O–H groups in total. The van der Waals surface area contributed by atoms with Crippen molar-refractivity contribution in [2.24, 2.45) is 5.92 Å². The van der Waals surface area contributed by atoms with Crippen LogP contribution in [-0.2, 0) is 17.9 Å². The van der Waals surface area contributed by atoms with Crippen LogP contribution < -0.4 is 5.32 Å². The number of hydrogen-bond donors (Lipinski definition) is 2. The molecule has 0 saturated heterocycles. The van der Waals surface area contributed by atoms with Gasteiger partial charge in [-0.25, -0.2) is 9.59 Å². The van der Waals surface area contributed by atoms with Gasteiger partial charge in [-0.05, 0) is 29.9 Å². The lowest BCUT2D eigenvalue weighted by molar-refractivity contribution is -0.139. The van der Waals surface area contributed by atoms with Crippen LogP contribution >= 0.6 is 0 Å². The Morgan fingerprint density at radius 2 is 1.79 bits per heavy atom. The maximum absolute atomic E-state index is 12.1. The second kappa shape index (κ2) is 4.57. The Labute approximate surface area is 111 Å². The Hall–Kier alpha value is -2.04. The van der Waals surface area contributed by atoms with Crippen molar-refractivity contribution in [2.75, 3.05) is 0 Å². The number of fused-ring (bicyclic) bond motifs is 1. The molecule has 1 aromatic carbocycles. The molecule has 1 aliphatic heterocycles. The van der Waals surface area contributed by atoms with Crippen LogP contribution in [-0.4, -0.2) is 28.0 Å². The standard InChI is InChI=1S/C14H16N2O3/c17-13(18)12(9-5-6-9)15-14(19)16-7-10-3-1-2-4-11(10)8-16/h1-4,9,12H,5-8H2,(H,15,19)(H,17,18). The molecule has 1 aromatic rings. The molecule has 19 heavy (non-hydrogen) atoms. The quantitative estimate of drug-likeness (QED) is 0.866. The molecule has 5 heteroatoms. The summed E-state index contributed by atoms with van der Waals surface area (Å²) in [6.07, 6.45) is 1.77. The van der Waals surface area contributed by atoms with Crippen molar-refractivity contribution in [3.05, 3.63) is 35.4 Å². The SMILES string of the molecule is O=C(O)C(NC(=O)N1Cc2ccccc2C1)C1CC1. The molecule has 100 valence electrons. The van der Waals surface area contributed by atoms with E-state index in [-0.39, 0.29) is 11.9 Å². The first-order valence-corrected chi connectivity index (χ1v) is 6.50. The summed E-state index contributed by atoms with van der Waals surface area (Å²) in [4.78, 5) is 24.9. The fraction of sp³-hybridized carbons (Fsp3) is 0.429. The third-order valence-electron chi connectivity index (χ3n) is 3.77. The molecular weight excluding hydrogens is 244 g/mol. The predicted octanol–water partition coefficient (Wildman–Crippen LogP) is 1.57. The zero-order valence-corrected chi connectivity index (χ0v) is 10.5. The van der Waals surface area contributed by atoms with E-state index in [0.29, 0.717) is 13.1 Å². The number of carboxylic acids is 1. The van der Waals surface area contributed by atoms with Crippen LogP contribution in [0.25, 0.3) is 0 Å². The molecule has 1 saturated carbocycles. The molecule has 0 spiro atoms. The van der Waals surface area contributed by atoms with Gasteiger partial charge in [-0.15, -0.1) is 0 Å². The normalized spacial score (nSPS) is 18.8. The van der Waals surface area contributed by atoms with Gasteiger partial charge in [-0.2, -0.15) is 0 Å². The third kappa shape index (κ3) is 2.41. The number of carboxylic acid groups (broad SMARTS) is 1. The highest BCUT2D eigenvalue weighted by molar-refractivity contribution is 5.83. The average molecular weight is 260 g/mol. The van der Waals surface area contributed by atoms with E-state index >= 15 is 0 Å². The van der Waals surface area contributed by atoms with E-state index < -0.39 is 12.0 Å².